The molecule has 0 spiro atoms. The van der Waals surface area contributed by atoms with Crippen molar-refractivity contribution < 1.29 is 19.2 Å². The highest BCUT2D eigenvalue weighted by Crippen LogP contribution is 2.28. The summed E-state index contributed by atoms with van der Waals surface area (Å²) in [5.41, 5.74) is 3.56. The molecule has 9 heteroatoms. The molecule has 5 amide bonds. The van der Waals surface area contributed by atoms with E-state index in [4.69, 9.17) is 0 Å². The number of carbonyl (C=O) groups excluding carboxylic acids is 4. The van der Waals surface area contributed by atoms with Crippen LogP contribution < -0.4 is 16.0 Å². The Morgan fingerprint density at radius 2 is 1.97 bits per heavy atom. The molecule has 1 unspecified atom stereocenters. The van der Waals surface area contributed by atoms with E-state index in [1.54, 1.807) is 12.3 Å². The highest BCUT2D eigenvalue weighted by molar-refractivity contribution is 6.05. The zero-order valence-corrected chi connectivity index (χ0v) is 18.9. The van der Waals surface area contributed by atoms with E-state index in [0.29, 0.717) is 24.2 Å². The van der Waals surface area contributed by atoms with Crippen LogP contribution in [0.5, 0.6) is 0 Å². The highest BCUT2D eigenvalue weighted by Gasteiger charge is 2.39. The third-order valence-corrected chi connectivity index (χ3v) is 5.84. The molecular formula is C24H27N5O4. The zero-order chi connectivity index (χ0) is 23.8. The van der Waals surface area contributed by atoms with Crippen LogP contribution in [0.3, 0.4) is 0 Å². The molecular weight excluding hydrogens is 422 g/mol. The van der Waals surface area contributed by atoms with Gasteiger partial charge in [0.25, 0.3) is 5.91 Å². The number of aromatic nitrogens is 1. The van der Waals surface area contributed by atoms with Crippen LogP contribution in [-0.2, 0) is 28.1 Å². The molecule has 2 aliphatic rings. The number of fused-ring (bicyclic) bond motifs is 1. The predicted octanol–water partition coefficient (Wildman–Crippen LogP) is 2.46. The van der Waals surface area contributed by atoms with Crippen LogP contribution in [0, 0.1) is 0 Å². The van der Waals surface area contributed by atoms with Crippen molar-refractivity contribution in [1.29, 1.82) is 0 Å². The van der Waals surface area contributed by atoms with Crippen molar-refractivity contribution in [3.8, 4) is 0 Å². The second-order valence-electron chi connectivity index (χ2n) is 9.38. The Labute approximate surface area is 191 Å². The second-order valence-corrected chi connectivity index (χ2v) is 9.38. The lowest BCUT2D eigenvalue weighted by molar-refractivity contribution is -0.136. The van der Waals surface area contributed by atoms with Gasteiger partial charge in [-0.3, -0.25) is 24.7 Å². The molecule has 4 rings (SSSR count). The lowest BCUT2D eigenvalue weighted by atomic mass is 9.92. The fourth-order valence-corrected chi connectivity index (χ4v) is 3.98. The van der Waals surface area contributed by atoms with Gasteiger partial charge in [0, 0.05) is 36.2 Å². The first kappa shape index (κ1) is 22.4. The fraction of sp³-hybridized carbons (Fsp3) is 0.375. The summed E-state index contributed by atoms with van der Waals surface area (Å²) in [4.78, 5) is 54.7. The molecule has 9 nitrogen and oxygen atoms in total. The first-order valence-electron chi connectivity index (χ1n) is 10.9. The Morgan fingerprint density at radius 3 is 2.64 bits per heavy atom. The third-order valence-electron chi connectivity index (χ3n) is 5.84. The van der Waals surface area contributed by atoms with E-state index >= 15 is 0 Å². The summed E-state index contributed by atoms with van der Waals surface area (Å²) in [7, 11) is 0. The average molecular weight is 450 g/mol. The van der Waals surface area contributed by atoms with E-state index in [1.165, 1.54) is 4.90 Å². The SMILES string of the molecule is CC(C)(C)c1ccc(NC(=O)NCc2ccc3c(c2)C(=O)N(C2CCC(=O)NC2=O)C3)cn1. The number of amides is 5. The van der Waals surface area contributed by atoms with Crippen LogP contribution in [-0.4, -0.2) is 39.7 Å². The van der Waals surface area contributed by atoms with Gasteiger partial charge >= 0.3 is 6.03 Å². The average Bonchev–Trinajstić information content (AvgIpc) is 3.08. The fourth-order valence-electron chi connectivity index (χ4n) is 3.98. The Hall–Kier alpha value is -3.75. The number of hydrogen-bond donors (Lipinski definition) is 3. The van der Waals surface area contributed by atoms with Crippen molar-refractivity contribution in [1.82, 2.24) is 20.5 Å². The van der Waals surface area contributed by atoms with E-state index in [1.807, 2.05) is 24.3 Å². The van der Waals surface area contributed by atoms with Crippen molar-refractivity contribution in [2.75, 3.05) is 5.32 Å². The summed E-state index contributed by atoms with van der Waals surface area (Å²) in [6, 6.07) is 8.10. The molecule has 0 bridgehead atoms. The van der Waals surface area contributed by atoms with E-state index in [9.17, 15) is 19.2 Å². The van der Waals surface area contributed by atoms with Gasteiger partial charge in [-0.2, -0.15) is 0 Å². The van der Waals surface area contributed by atoms with Crippen molar-refractivity contribution in [3.05, 3.63) is 58.9 Å². The predicted molar refractivity (Wildman–Crippen MR) is 121 cm³/mol. The third kappa shape index (κ3) is 4.87. The van der Waals surface area contributed by atoms with Crippen molar-refractivity contribution in [2.45, 2.75) is 58.2 Å². The van der Waals surface area contributed by atoms with E-state index in [0.717, 1.165) is 16.8 Å². The number of nitrogens with zero attached hydrogens (tertiary/aromatic N) is 2. The van der Waals surface area contributed by atoms with Crippen molar-refractivity contribution in [3.63, 3.8) is 0 Å². The van der Waals surface area contributed by atoms with Gasteiger partial charge in [-0.05, 0) is 35.7 Å². The van der Waals surface area contributed by atoms with Gasteiger partial charge in [-0.1, -0.05) is 32.9 Å². The van der Waals surface area contributed by atoms with Gasteiger partial charge in [0.2, 0.25) is 11.8 Å². The topological polar surface area (TPSA) is 121 Å². The first-order chi connectivity index (χ1) is 15.6. The van der Waals surface area contributed by atoms with Crippen LogP contribution in [0.1, 0.15) is 60.8 Å². The summed E-state index contributed by atoms with van der Waals surface area (Å²) in [6.07, 6.45) is 2.16. The second kappa shape index (κ2) is 8.65. The molecule has 1 fully saturated rings. The van der Waals surface area contributed by atoms with Gasteiger partial charge in [0.05, 0.1) is 11.9 Å². The van der Waals surface area contributed by atoms with Gasteiger partial charge in [-0.25, -0.2) is 4.79 Å². The summed E-state index contributed by atoms with van der Waals surface area (Å²) in [5.74, 6) is -0.986. The van der Waals surface area contributed by atoms with Gasteiger partial charge in [0.1, 0.15) is 6.04 Å². The Kier molecular flexibility index (Phi) is 5.88. The van der Waals surface area contributed by atoms with Crippen molar-refractivity contribution >= 4 is 29.4 Å². The van der Waals surface area contributed by atoms with E-state index in [2.05, 4.69) is 41.7 Å². The number of pyridine rings is 1. The number of piperidine rings is 1. The van der Waals surface area contributed by atoms with Gasteiger partial charge in [-0.15, -0.1) is 0 Å². The van der Waals surface area contributed by atoms with Crippen LogP contribution in [0.2, 0.25) is 0 Å². The molecule has 1 atom stereocenters. The minimum absolute atomic E-state index is 0.0699. The smallest absolute Gasteiger partial charge is 0.319 e. The number of benzene rings is 1. The Morgan fingerprint density at radius 1 is 1.18 bits per heavy atom. The van der Waals surface area contributed by atoms with Crippen LogP contribution >= 0.6 is 0 Å². The number of imide groups is 1. The molecule has 0 radical (unpaired) electrons. The Bertz CT molecular complexity index is 1120. The van der Waals surface area contributed by atoms with Crippen molar-refractivity contribution in [2.24, 2.45) is 0 Å². The lowest BCUT2D eigenvalue weighted by Gasteiger charge is -2.29. The number of hydrogen-bond acceptors (Lipinski definition) is 5. The molecule has 3 N–H and O–H groups in total. The summed E-state index contributed by atoms with van der Waals surface area (Å²) in [6.45, 7) is 6.77. The number of anilines is 1. The molecule has 172 valence electrons. The highest BCUT2D eigenvalue weighted by atomic mass is 16.2. The van der Waals surface area contributed by atoms with Crippen LogP contribution in [0.25, 0.3) is 0 Å². The first-order valence-corrected chi connectivity index (χ1v) is 10.9. The number of carbonyl (C=O) groups is 4. The molecule has 2 aromatic rings. The largest absolute Gasteiger partial charge is 0.334 e. The molecule has 1 saturated heterocycles. The number of urea groups is 1. The Balaban J connectivity index is 1.35. The molecule has 1 aromatic heterocycles. The zero-order valence-electron chi connectivity index (χ0n) is 18.9. The molecule has 2 aliphatic heterocycles. The molecule has 3 heterocycles. The molecule has 0 aliphatic carbocycles. The lowest BCUT2D eigenvalue weighted by Crippen LogP contribution is -2.52. The molecule has 0 saturated carbocycles. The monoisotopic (exact) mass is 449 g/mol. The maximum absolute atomic E-state index is 12.9. The summed E-state index contributed by atoms with van der Waals surface area (Å²) < 4.78 is 0. The van der Waals surface area contributed by atoms with Gasteiger partial charge < -0.3 is 15.5 Å². The van der Waals surface area contributed by atoms with Crippen LogP contribution in [0.15, 0.2) is 36.5 Å². The summed E-state index contributed by atoms with van der Waals surface area (Å²) in [5, 5.41) is 7.83. The van der Waals surface area contributed by atoms with E-state index < -0.39 is 11.9 Å². The van der Waals surface area contributed by atoms with Gasteiger partial charge in [0.15, 0.2) is 0 Å². The minimum Gasteiger partial charge on any atom is -0.334 e. The van der Waals surface area contributed by atoms with Crippen LogP contribution in [0.4, 0.5) is 10.5 Å². The quantitative estimate of drug-likeness (QED) is 0.620. The molecule has 33 heavy (non-hydrogen) atoms. The normalized spacial score (nSPS) is 18.1. The standard InChI is InChI=1S/C24H27N5O4/c1-24(2,3)19-8-6-16(12-25-19)27-23(33)26-11-14-4-5-15-13-29(22(32)17(15)10-14)18-7-9-20(30)28-21(18)31/h4-6,8,10,12,18H,7,9,11,13H2,1-3H3,(H2,26,27,33)(H,28,30,31). The number of nitrogens with one attached hydrogen (secondary N) is 3. The maximum Gasteiger partial charge on any atom is 0.319 e. The molecule has 1 aromatic carbocycles. The van der Waals surface area contributed by atoms with E-state index in [-0.39, 0.29) is 36.2 Å². The minimum atomic E-state index is -0.645. The number of rotatable bonds is 4. The summed E-state index contributed by atoms with van der Waals surface area (Å²) >= 11 is 0. The maximum atomic E-state index is 12.9.